The van der Waals surface area contributed by atoms with Crippen molar-refractivity contribution < 1.29 is 9.53 Å². The van der Waals surface area contributed by atoms with Gasteiger partial charge in [-0.25, -0.2) is 0 Å². The number of carbonyl (C=O) groups is 1. The SMILES string of the molecule is Nc1cc(C(=O)NCC2CCCCO2)cc(Cl)c1Cl. The van der Waals surface area contributed by atoms with Crippen LogP contribution in [0.4, 0.5) is 5.69 Å². The average molecular weight is 303 g/mol. The fourth-order valence-electron chi connectivity index (χ4n) is 2.02. The Bertz CT molecular complexity index is 451. The van der Waals surface area contributed by atoms with Crippen LogP contribution in [0, 0.1) is 0 Å². The quantitative estimate of drug-likeness (QED) is 0.844. The number of nitrogen functional groups attached to an aromatic ring is 1. The van der Waals surface area contributed by atoms with Gasteiger partial charge in [0.05, 0.1) is 21.8 Å². The number of halogens is 2. The normalized spacial score (nSPS) is 19.2. The van der Waals surface area contributed by atoms with Crippen LogP contribution < -0.4 is 11.1 Å². The van der Waals surface area contributed by atoms with E-state index in [0.717, 1.165) is 25.9 Å². The van der Waals surface area contributed by atoms with Crippen LogP contribution in [-0.2, 0) is 4.74 Å². The summed E-state index contributed by atoms with van der Waals surface area (Å²) in [6, 6.07) is 3.03. The van der Waals surface area contributed by atoms with Gasteiger partial charge in [-0.15, -0.1) is 0 Å². The van der Waals surface area contributed by atoms with E-state index in [1.165, 1.54) is 12.1 Å². The van der Waals surface area contributed by atoms with Crippen molar-refractivity contribution in [1.82, 2.24) is 5.32 Å². The lowest BCUT2D eigenvalue weighted by Crippen LogP contribution is -2.35. The number of carbonyl (C=O) groups excluding carboxylic acids is 1. The number of nitrogens with one attached hydrogen (secondary N) is 1. The van der Waals surface area contributed by atoms with Crippen LogP contribution in [0.15, 0.2) is 12.1 Å². The van der Waals surface area contributed by atoms with E-state index < -0.39 is 0 Å². The van der Waals surface area contributed by atoms with E-state index in [-0.39, 0.29) is 22.1 Å². The minimum Gasteiger partial charge on any atom is -0.397 e. The fourth-order valence-corrected chi connectivity index (χ4v) is 2.35. The second-order valence-electron chi connectivity index (χ2n) is 4.56. The molecule has 1 fully saturated rings. The van der Waals surface area contributed by atoms with E-state index in [1.54, 1.807) is 0 Å². The number of amides is 1. The summed E-state index contributed by atoms with van der Waals surface area (Å²) in [5.41, 5.74) is 6.38. The van der Waals surface area contributed by atoms with Gasteiger partial charge in [0, 0.05) is 18.7 Å². The predicted molar refractivity (Wildman–Crippen MR) is 76.8 cm³/mol. The summed E-state index contributed by atoms with van der Waals surface area (Å²) in [6.07, 6.45) is 3.30. The summed E-state index contributed by atoms with van der Waals surface area (Å²) in [5.74, 6) is -0.223. The van der Waals surface area contributed by atoms with Crippen molar-refractivity contribution in [3.05, 3.63) is 27.7 Å². The Kier molecular flexibility index (Phi) is 4.91. The Balaban J connectivity index is 1.96. The van der Waals surface area contributed by atoms with Gasteiger partial charge in [0.25, 0.3) is 5.91 Å². The highest BCUT2D eigenvalue weighted by molar-refractivity contribution is 6.43. The molecule has 1 aliphatic heterocycles. The van der Waals surface area contributed by atoms with Crippen molar-refractivity contribution in [1.29, 1.82) is 0 Å². The summed E-state index contributed by atoms with van der Waals surface area (Å²) in [6.45, 7) is 1.26. The van der Waals surface area contributed by atoms with Crippen molar-refractivity contribution in [2.24, 2.45) is 0 Å². The number of ether oxygens (including phenoxy) is 1. The Morgan fingerprint density at radius 2 is 2.21 bits per heavy atom. The van der Waals surface area contributed by atoms with E-state index in [4.69, 9.17) is 33.7 Å². The molecule has 1 aliphatic rings. The van der Waals surface area contributed by atoms with Crippen molar-refractivity contribution in [2.45, 2.75) is 25.4 Å². The maximum atomic E-state index is 12.0. The van der Waals surface area contributed by atoms with Crippen LogP contribution in [-0.4, -0.2) is 25.2 Å². The molecule has 1 aromatic rings. The minimum absolute atomic E-state index is 0.0952. The Hall–Kier alpha value is -0.970. The zero-order valence-corrected chi connectivity index (χ0v) is 11.9. The fraction of sp³-hybridized carbons (Fsp3) is 0.462. The van der Waals surface area contributed by atoms with Gasteiger partial charge in [-0.1, -0.05) is 23.2 Å². The van der Waals surface area contributed by atoms with Crippen LogP contribution in [0.5, 0.6) is 0 Å². The molecule has 3 N–H and O–H groups in total. The highest BCUT2D eigenvalue weighted by atomic mass is 35.5. The molecule has 6 heteroatoms. The molecule has 1 unspecified atom stereocenters. The summed E-state index contributed by atoms with van der Waals surface area (Å²) in [7, 11) is 0. The highest BCUT2D eigenvalue weighted by Crippen LogP contribution is 2.29. The van der Waals surface area contributed by atoms with E-state index >= 15 is 0 Å². The predicted octanol–water partition coefficient (Wildman–Crippen LogP) is 2.87. The number of benzene rings is 1. The molecule has 104 valence electrons. The highest BCUT2D eigenvalue weighted by Gasteiger charge is 2.16. The Morgan fingerprint density at radius 1 is 1.42 bits per heavy atom. The third kappa shape index (κ3) is 3.75. The zero-order chi connectivity index (χ0) is 13.8. The topological polar surface area (TPSA) is 64.4 Å². The Morgan fingerprint density at radius 3 is 2.84 bits per heavy atom. The van der Waals surface area contributed by atoms with Crippen LogP contribution >= 0.6 is 23.2 Å². The van der Waals surface area contributed by atoms with Gasteiger partial charge in [0.1, 0.15) is 0 Å². The lowest BCUT2D eigenvalue weighted by Gasteiger charge is -2.22. The van der Waals surface area contributed by atoms with Crippen molar-refractivity contribution >= 4 is 34.8 Å². The van der Waals surface area contributed by atoms with Crippen molar-refractivity contribution in [3.63, 3.8) is 0 Å². The smallest absolute Gasteiger partial charge is 0.251 e. The monoisotopic (exact) mass is 302 g/mol. The largest absolute Gasteiger partial charge is 0.397 e. The third-order valence-corrected chi connectivity index (χ3v) is 3.90. The second kappa shape index (κ2) is 6.46. The first kappa shape index (κ1) is 14.4. The van der Waals surface area contributed by atoms with Gasteiger partial charge >= 0.3 is 0 Å². The first-order valence-electron chi connectivity index (χ1n) is 6.22. The van der Waals surface area contributed by atoms with Crippen LogP contribution in [0.2, 0.25) is 10.0 Å². The van der Waals surface area contributed by atoms with Gasteiger partial charge in [0.15, 0.2) is 0 Å². The summed E-state index contributed by atoms with van der Waals surface area (Å²) >= 11 is 11.7. The molecule has 0 aliphatic carbocycles. The summed E-state index contributed by atoms with van der Waals surface area (Å²) in [4.78, 5) is 12.0. The number of rotatable bonds is 3. The molecule has 1 heterocycles. The van der Waals surface area contributed by atoms with E-state index in [0.29, 0.717) is 17.8 Å². The molecule has 0 saturated carbocycles. The number of hydrogen-bond donors (Lipinski definition) is 2. The maximum Gasteiger partial charge on any atom is 0.251 e. The summed E-state index contributed by atoms with van der Waals surface area (Å²) < 4.78 is 5.54. The average Bonchev–Trinajstić information content (AvgIpc) is 2.42. The molecule has 0 aromatic heterocycles. The van der Waals surface area contributed by atoms with Crippen molar-refractivity contribution in [3.8, 4) is 0 Å². The molecule has 0 bridgehead atoms. The third-order valence-electron chi connectivity index (χ3n) is 3.08. The lowest BCUT2D eigenvalue weighted by molar-refractivity contribution is 0.0169. The van der Waals surface area contributed by atoms with Gasteiger partial charge in [-0.3, -0.25) is 4.79 Å². The molecule has 1 amide bonds. The van der Waals surface area contributed by atoms with Gasteiger partial charge in [-0.05, 0) is 31.4 Å². The number of nitrogens with two attached hydrogens (primary N) is 1. The van der Waals surface area contributed by atoms with Crippen LogP contribution in [0.1, 0.15) is 29.6 Å². The van der Waals surface area contributed by atoms with Gasteiger partial charge in [-0.2, -0.15) is 0 Å². The standard InChI is InChI=1S/C13H16Cl2N2O2/c14-10-5-8(6-11(16)12(10)15)13(18)17-7-9-3-1-2-4-19-9/h5-6,9H,1-4,7,16H2,(H,17,18). The van der Waals surface area contributed by atoms with Crippen LogP contribution in [0.25, 0.3) is 0 Å². The molecule has 1 saturated heterocycles. The zero-order valence-electron chi connectivity index (χ0n) is 10.4. The van der Waals surface area contributed by atoms with Gasteiger partial charge < -0.3 is 15.8 Å². The second-order valence-corrected chi connectivity index (χ2v) is 5.35. The molecule has 1 atom stereocenters. The van der Waals surface area contributed by atoms with Crippen LogP contribution in [0.3, 0.4) is 0 Å². The number of hydrogen-bond acceptors (Lipinski definition) is 3. The van der Waals surface area contributed by atoms with Crippen molar-refractivity contribution in [2.75, 3.05) is 18.9 Å². The van der Waals surface area contributed by atoms with E-state index in [9.17, 15) is 4.79 Å². The lowest BCUT2D eigenvalue weighted by atomic mass is 10.1. The molecule has 1 aromatic carbocycles. The molecular weight excluding hydrogens is 287 g/mol. The molecule has 0 spiro atoms. The number of anilines is 1. The molecule has 19 heavy (non-hydrogen) atoms. The minimum atomic E-state index is -0.223. The molecule has 0 radical (unpaired) electrons. The van der Waals surface area contributed by atoms with E-state index in [2.05, 4.69) is 5.32 Å². The first-order valence-corrected chi connectivity index (χ1v) is 6.98. The Labute approximate surface area is 122 Å². The van der Waals surface area contributed by atoms with E-state index in [1.807, 2.05) is 0 Å². The first-order chi connectivity index (χ1) is 9.08. The molecule has 2 rings (SSSR count). The van der Waals surface area contributed by atoms with Gasteiger partial charge in [0.2, 0.25) is 0 Å². The summed E-state index contributed by atoms with van der Waals surface area (Å²) in [5, 5.41) is 3.37. The molecular formula is C13H16Cl2N2O2. The molecule has 4 nitrogen and oxygen atoms in total. The maximum absolute atomic E-state index is 12.0.